The first-order chi connectivity index (χ1) is 15.1. The molecule has 8 heteroatoms. The van der Waals surface area contributed by atoms with E-state index in [1.165, 1.54) is 42.7 Å². The van der Waals surface area contributed by atoms with Crippen molar-refractivity contribution >= 4 is 17.9 Å². The van der Waals surface area contributed by atoms with Gasteiger partial charge in [-0.3, -0.25) is 19.8 Å². The molecule has 0 aromatic carbocycles. The Labute approximate surface area is 181 Å². The Bertz CT molecular complexity index is 892. The van der Waals surface area contributed by atoms with Crippen molar-refractivity contribution in [3.05, 3.63) is 60.2 Å². The molecule has 7 nitrogen and oxygen atoms in total. The van der Waals surface area contributed by atoms with Crippen LogP contribution in [0.15, 0.2) is 59.5 Å². The number of nitrogens with zero attached hydrogens (tertiary/aromatic N) is 4. The number of allylic oxidation sites excluding steroid dienone is 2. The Morgan fingerprint density at radius 3 is 2.87 bits per heavy atom. The van der Waals surface area contributed by atoms with Crippen LogP contribution in [0.3, 0.4) is 0 Å². The van der Waals surface area contributed by atoms with Crippen molar-refractivity contribution in [3.8, 4) is 0 Å². The number of carbonyl (C=O) groups is 1. The average molecular weight is 426 g/mol. The average Bonchev–Trinajstić information content (AvgIpc) is 3.16. The molecular weight excluding hydrogens is 397 g/mol. The maximum atomic E-state index is 14.8. The van der Waals surface area contributed by atoms with Crippen LogP contribution in [0.2, 0.25) is 0 Å². The Hall–Kier alpha value is -3.00. The van der Waals surface area contributed by atoms with Crippen LogP contribution in [0, 0.1) is 0 Å². The monoisotopic (exact) mass is 425 g/mol. The fourth-order valence-corrected chi connectivity index (χ4v) is 4.08. The number of rotatable bonds is 6. The van der Waals surface area contributed by atoms with Crippen molar-refractivity contribution in [1.82, 2.24) is 14.8 Å². The van der Waals surface area contributed by atoms with Crippen molar-refractivity contribution < 1.29 is 13.9 Å². The molecular formula is C23H28FN5O2. The SMILES string of the molecule is NC=C(C=NC1C=CC(N2CC(CN3CCCCC3)OC2=O)=CC1F)c1ccccn1. The first-order valence-electron chi connectivity index (χ1n) is 10.7. The number of pyridine rings is 1. The number of ether oxygens (including phenoxy) is 1. The molecule has 0 radical (unpaired) electrons. The van der Waals surface area contributed by atoms with Crippen LogP contribution in [0.1, 0.15) is 25.0 Å². The number of alkyl halides is 1. The van der Waals surface area contributed by atoms with Crippen LogP contribution in [0.4, 0.5) is 9.18 Å². The summed E-state index contributed by atoms with van der Waals surface area (Å²) in [7, 11) is 0. The van der Waals surface area contributed by atoms with Gasteiger partial charge in [0, 0.05) is 36.4 Å². The lowest BCUT2D eigenvalue weighted by Crippen LogP contribution is -2.38. The first kappa shape index (κ1) is 21.2. The molecule has 1 aromatic heterocycles. The zero-order valence-electron chi connectivity index (χ0n) is 17.4. The molecule has 3 unspecified atom stereocenters. The van der Waals surface area contributed by atoms with Crippen LogP contribution < -0.4 is 5.73 Å². The highest BCUT2D eigenvalue weighted by Crippen LogP contribution is 2.25. The molecule has 0 bridgehead atoms. The summed E-state index contributed by atoms with van der Waals surface area (Å²) in [6.07, 6.45) is 11.1. The standard InChI is InChI=1S/C23H28FN5O2/c24-20-12-18(29-16-19(31-23(29)30)15-28-10-4-1-5-11-28)7-8-22(20)27-14-17(13-25)21-6-2-3-9-26-21/h2-3,6-9,12-14,19-20,22H,1,4-5,10-11,15-16,25H2. The predicted octanol–water partition coefficient (Wildman–Crippen LogP) is 2.92. The quantitative estimate of drug-likeness (QED) is 0.709. The lowest BCUT2D eigenvalue weighted by Gasteiger charge is -2.28. The summed E-state index contributed by atoms with van der Waals surface area (Å²) in [4.78, 5) is 24.8. The second-order valence-electron chi connectivity index (χ2n) is 7.98. The van der Waals surface area contributed by atoms with Gasteiger partial charge in [0.25, 0.3) is 0 Å². The maximum absolute atomic E-state index is 14.8. The number of amides is 1. The number of hydrogen-bond donors (Lipinski definition) is 1. The number of aromatic nitrogens is 1. The Kier molecular flexibility index (Phi) is 6.76. The minimum Gasteiger partial charge on any atom is -0.443 e. The van der Waals surface area contributed by atoms with Crippen LogP contribution >= 0.6 is 0 Å². The third-order valence-corrected chi connectivity index (χ3v) is 5.74. The minimum absolute atomic E-state index is 0.190. The lowest BCUT2D eigenvalue weighted by molar-refractivity contribution is 0.0994. The van der Waals surface area contributed by atoms with Gasteiger partial charge >= 0.3 is 6.09 Å². The van der Waals surface area contributed by atoms with Crippen LogP contribution in [0.25, 0.3) is 5.57 Å². The highest BCUT2D eigenvalue weighted by Gasteiger charge is 2.35. The largest absolute Gasteiger partial charge is 0.443 e. The van der Waals surface area contributed by atoms with Gasteiger partial charge in [0.05, 0.1) is 12.2 Å². The molecule has 1 amide bonds. The Morgan fingerprint density at radius 1 is 1.32 bits per heavy atom. The van der Waals surface area contributed by atoms with Gasteiger partial charge in [-0.15, -0.1) is 0 Å². The topological polar surface area (TPSA) is 84.0 Å². The van der Waals surface area contributed by atoms with Crippen LogP contribution in [0.5, 0.6) is 0 Å². The van der Waals surface area contributed by atoms with Crippen molar-refractivity contribution in [2.45, 2.75) is 37.6 Å². The summed E-state index contributed by atoms with van der Waals surface area (Å²) < 4.78 is 20.3. The highest BCUT2D eigenvalue weighted by molar-refractivity contribution is 6.08. The zero-order chi connectivity index (χ0) is 21.6. The van der Waals surface area contributed by atoms with Gasteiger partial charge in [-0.2, -0.15) is 0 Å². The lowest BCUT2D eigenvalue weighted by atomic mass is 10.0. The van der Waals surface area contributed by atoms with E-state index in [0.29, 0.717) is 23.5 Å². The molecule has 4 rings (SSSR count). The zero-order valence-corrected chi connectivity index (χ0v) is 17.4. The number of cyclic esters (lactones) is 1. The van der Waals surface area contributed by atoms with Crippen molar-refractivity contribution in [3.63, 3.8) is 0 Å². The van der Waals surface area contributed by atoms with E-state index in [0.717, 1.165) is 19.6 Å². The number of aliphatic imine (C=N–C) groups is 1. The number of carbonyl (C=O) groups excluding carboxylic acids is 1. The summed E-state index contributed by atoms with van der Waals surface area (Å²) in [5, 5.41) is 0. The fraction of sp³-hybridized carbons (Fsp3) is 0.435. The van der Waals surface area contributed by atoms with E-state index in [-0.39, 0.29) is 6.10 Å². The second-order valence-corrected chi connectivity index (χ2v) is 7.98. The highest BCUT2D eigenvalue weighted by atomic mass is 19.1. The third-order valence-electron chi connectivity index (χ3n) is 5.74. The third kappa shape index (κ3) is 5.19. The number of hydrogen-bond acceptors (Lipinski definition) is 6. The summed E-state index contributed by atoms with van der Waals surface area (Å²) in [5.41, 5.74) is 7.47. The first-order valence-corrected chi connectivity index (χ1v) is 10.7. The summed E-state index contributed by atoms with van der Waals surface area (Å²) in [5.74, 6) is 0. The fourth-order valence-electron chi connectivity index (χ4n) is 4.08. The van der Waals surface area contributed by atoms with Crippen LogP contribution in [-0.2, 0) is 4.74 Å². The molecule has 1 aromatic rings. The van der Waals surface area contributed by atoms with Gasteiger partial charge < -0.3 is 10.5 Å². The van der Waals surface area contributed by atoms with Gasteiger partial charge in [0.15, 0.2) is 0 Å². The molecule has 0 spiro atoms. The van der Waals surface area contributed by atoms with E-state index >= 15 is 0 Å². The smallest absolute Gasteiger partial charge is 0.414 e. The molecule has 2 N–H and O–H groups in total. The van der Waals surface area contributed by atoms with E-state index in [4.69, 9.17) is 10.5 Å². The van der Waals surface area contributed by atoms with Gasteiger partial charge in [-0.25, -0.2) is 9.18 Å². The Morgan fingerprint density at radius 2 is 2.16 bits per heavy atom. The summed E-state index contributed by atoms with van der Waals surface area (Å²) in [6.45, 7) is 3.25. The molecule has 1 aliphatic carbocycles. The Balaban J connectivity index is 1.36. The minimum atomic E-state index is -1.35. The van der Waals surface area contributed by atoms with E-state index < -0.39 is 18.3 Å². The van der Waals surface area contributed by atoms with E-state index in [9.17, 15) is 9.18 Å². The molecule has 2 saturated heterocycles. The van der Waals surface area contributed by atoms with Crippen LogP contribution in [-0.4, -0.2) is 71.6 Å². The van der Waals surface area contributed by atoms with Crippen molar-refractivity contribution in [1.29, 1.82) is 0 Å². The normalized spacial score (nSPS) is 27.6. The van der Waals surface area contributed by atoms with E-state index in [2.05, 4.69) is 14.9 Å². The molecule has 2 aliphatic heterocycles. The molecule has 3 atom stereocenters. The van der Waals surface area contributed by atoms with Gasteiger partial charge in [-0.05, 0) is 50.2 Å². The number of halogens is 1. The number of piperidine rings is 1. The van der Waals surface area contributed by atoms with E-state index in [1.54, 1.807) is 18.3 Å². The number of nitrogens with two attached hydrogens (primary N) is 1. The summed E-state index contributed by atoms with van der Waals surface area (Å²) in [6, 6.07) is 4.78. The molecule has 164 valence electrons. The molecule has 31 heavy (non-hydrogen) atoms. The van der Waals surface area contributed by atoms with Gasteiger partial charge in [0.2, 0.25) is 0 Å². The maximum Gasteiger partial charge on any atom is 0.414 e. The van der Waals surface area contributed by atoms with Gasteiger partial charge in [0.1, 0.15) is 18.3 Å². The molecule has 2 fully saturated rings. The van der Waals surface area contributed by atoms with Gasteiger partial charge in [-0.1, -0.05) is 18.6 Å². The van der Waals surface area contributed by atoms with E-state index in [1.807, 2.05) is 18.2 Å². The predicted molar refractivity (Wildman–Crippen MR) is 118 cm³/mol. The summed E-state index contributed by atoms with van der Waals surface area (Å²) >= 11 is 0. The molecule has 3 aliphatic rings. The molecule has 0 saturated carbocycles. The number of likely N-dealkylation sites (tertiary alicyclic amines) is 1. The van der Waals surface area contributed by atoms with Crippen molar-refractivity contribution in [2.24, 2.45) is 10.7 Å². The second kappa shape index (κ2) is 9.87. The molecule has 3 heterocycles. The van der Waals surface area contributed by atoms with Crippen molar-refractivity contribution in [2.75, 3.05) is 26.2 Å².